The summed E-state index contributed by atoms with van der Waals surface area (Å²) in [5.41, 5.74) is 0.429. The lowest BCUT2D eigenvalue weighted by Crippen LogP contribution is -2.59. The molecule has 2 saturated carbocycles. The van der Waals surface area contributed by atoms with Crippen LogP contribution in [0.25, 0.3) is 0 Å². The van der Waals surface area contributed by atoms with Gasteiger partial charge in [-0.05, 0) is 69.3 Å². The lowest BCUT2D eigenvalue weighted by Gasteiger charge is -2.59. The van der Waals surface area contributed by atoms with Gasteiger partial charge in [-0.2, -0.15) is 8.42 Å². The van der Waals surface area contributed by atoms with E-state index in [-0.39, 0.29) is 15.3 Å². The van der Waals surface area contributed by atoms with E-state index in [0.29, 0.717) is 19.4 Å². The minimum absolute atomic E-state index is 0.121. The first-order valence-electron chi connectivity index (χ1n) is 11.9. The molecule has 2 fully saturated rings. The molecule has 0 bridgehead atoms. The Morgan fingerprint density at radius 3 is 2.34 bits per heavy atom. The van der Waals surface area contributed by atoms with Gasteiger partial charge in [0, 0.05) is 17.4 Å². The van der Waals surface area contributed by atoms with Gasteiger partial charge in [0.05, 0.1) is 17.1 Å². The molecule has 182 valence electrons. The van der Waals surface area contributed by atoms with Crippen LogP contribution in [0.3, 0.4) is 0 Å². The van der Waals surface area contributed by atoms with E-state index >= 15 is 0 Å². The van der Waals surface area contributed by atoms with Gasteiger partial charge < -0.3 is 9.53 Å². The van der Waals surface area contributed by atoms with Gasteiger partial charge in [0.15, 0.2) is 8.32 Å². The fraction of sp³-hybridized carbons (Fsp3) is 0.760. The first-order valence-corrected chi connectivity index (χ1v) is 16.3. The average Bonchev–Trinajstić information content (AvgIpc) is 2.67. The van der Waals surface area contributed by atoms with Crippen molar-refractivity contribution in [1.29, 1.82) is 0 Å². The molecule has 0 heterocycles. The fourth-order valence-corrected chi connectivity index (χ4v) is 7.41. The molecule has 5 nitrogen and oxygen atoms in total. The van der Waals surface area contributed by atoms with Crippen LogP contribution in [0.15, 0.2) is 29.2 Å². The average molecular weight is 483 g/mol. The Kier molecular flexibility index (Phi) is 7.12. The monoisotopic (exact) mass is 482 g/mol. The van der Waals surface area contributed by atoms with Crippen LogP contribution < -0.4 is 0 Å². The predicted octanol–water partition coefficient (Wildman–Crippen LogP) is 5.81. The summed E-state index contributed by atoms with van der Waals surface area (Å²) in [6.07, 6.45) is 3.82. The van der Waals surface area contributed by atoms with E-state index in [4.69, 9.17) is 8.61 Å². The SMILES string of the molecule is Cc1ccc(S(=O)(=O)O[C@@H]2CC[C@@]3(CO[Si](C)(C)C(C)(C)C)CCCC(O)[C@@]3(C)C2)cc1. The Morgan fingerprint density at radius 1 is 1.12 bits per heavy atom. The second-order valence-corrected chi connectivity index (χ2v) is 18.3. The van der Waals surface area contributed by atoms with Crippen molar-refractivity contribution in [1.82, 2.24) is 0 Å². The summed E-state index contributed by atoms with van der Waals surface area (Å²) in [6, 6.07) is 6.77. The molecule has 0 saturated heterocycles. The highest BCUT2D eigenvalue weighted by atomic mass is 32.2. The van der Waals surface area contributed by atoms with E-state index in [0.717, 1.165) is 31.2 Å². The molecule has 32 heavy (non-hydrogen) atoms. The third kappa shape index (κ3) is 4.87. The highest BCUT2D eigenvalue weighted by molar-refractivity contribution is 7.86. The molecule has 0 aliphatic heterocycles. The highest BCUT2D eigenvalue weighted by Crippen LogP contribution is 2.60. The quantitative estimate of drug-likeness (QED) is 0.409. The lowest BCUT2D eigenvalue weighted by molar-refractivity contribution is -0.165. The third-order valence-electron chi connectivity index (χ3n) is 8.76. The molecule has 1 unspecified atom stereocenters. The molecule has 1 N–H and O–H groups in total. The van der Waals surface area contributed by atoms with Crippen LogP contribution in [-0.2, 0) is 18.7 Å². The Morgan fingerprint density at radius 2 is 1.75 bits per heavy atom. The van der Waals surface area contributed by atoms with Crippen molar-refractivity contribution >= 4 is 18.4 Å². The van der Waals surface area contributed by atoms with Crippen molar-refractivity contribution in [2.24, 2.45) is 10.8 Å². The normalized spacial score (nSPS) is 31.9. The Labute approximate surface area is 196 Å². The zero-order valence-corrected chi connectivity index (χ0v) is 22.7. The molecule has 2 aliphatic carbocycles. The van der Waals surface area contributed by atoms with E-state index in [1.807, 2.05) is 6.92 Å². The number of hydrogen-bond acceptors (Lipinski definition) is 5. The van der Waals surface area contributed by atoms with Crippen LogP contribution >= 0.6 is 0 Å². The predicted molar refractivity (Wildman–Crippen MR) is 131 cm³/mol. The number of hydrogen-bond donors (Lipinski definition) is 1. The van der Waals surface area contributed by atoms with Gasteiger partial charge in [-0.1, -0.05) is 51.8 Å². The van der Waals surface area contributed by atoms with Crippen LogP contribution in [0.5, 0.6) is 0 Å². The maximum Gasteiger partial charge on any atom is 0.297 e. The third-order valence-corrected chi connectivity index (χ3v) is 14.6. The van der Waals surface area contributed by atoms with E-state index in [1.54, 1.807) is 24.3 Å². The Hall–Kier alpha value is -0.733. The zero-order chi connectivity index (χ0) is 24.0. The number of fused-ring (bicyclic) bond motifs is 1. The molecule has 3 rings (SSSR count). The molecule has 0 amide bonds. The van der Waals surface area contributed by atoms with Gasteiger partial charge in [-0.25, -0.2) is 0 Å². The van der Waals surface area contributed by atoms with Crippen molar-refractivity contribution < 1.29 is 22.1 Å². The summed E-state index contributed by atoms with van der Waals surface area (Å²) >= 11 is 0. The van der Waals surface area contributed by atoms with E-state index in [1.165, 1.54) is 0 Å². The maximum atomic E-state index is 12.9. The van der Waals surface area contributed by atoms with Crippen molar-refractivity contribution in [3.05, 3.63) is 29.8 Å². The Balaban J connectivity index is 1.80. The molecule has 1 aromatic carbocycles. The number of aryl methyl sites for hydroxylation is 1. The van der Waals surface area contributed by atoms with Crippen LogP contribution in [0, 0.1) is 17.8 Å². The summed E-state index contributed by atoms with van der Waals surface area (Å²) < 4.78 is 38.2. The number of aliphatic hydroxyl groups excluding tert-OH is 1. The maximum absolute atomic E-state index is 12.9. The topological polar surface area (TPSA) is 72.8 Å². The second kappa shape index (κ2) is 8.80. The largest absolute Gasteiger partial charge is 0.416 e. The molecule has 7 heteroatoms. The minimum atomic E-state index is -3.84. The van der Waals surface area contributed by atoms with Crippen LogP contribution in [0.4, 0.5) is 0 Å². The summed E-state index contributed by atoms with van der Waals surface area (Å²) in [5.74, 6) is 0. The molecule has 0 aromatic heterocycles. The number of benzene rings is 1. The summed E-state index contributed by atoms with van der Waals surface area (Å²) in [5, 5.41) is 11.3. The van der Waals surface area contributed by atoms with Gasteiger partial charge in [-0.3, -0.25) is 4.18 Å². The lowest BCUT2D eigenvalue weighted by atomic mass is 9.49. The highest BCUT2D eigenvalue weighted by Gasteiger charge is 2.58. The van der Waals surface area contributed by atoms with Crippen LogP contribution in [0.2, 0.25) is 18.1 Å². The smallest absolute Gasteiger partial charge is 0.297 e. The van der Waals surface area contributed by atoms with Crippen molar-refractivity contribution in [3.8, 4) is 0 Å². The van der Waals surface area contributed by atoms with Gasteiger partial charge in [0.1, 0.15) is 0 Å². The van der Waals surface area contributed by atoms with E-state index < -0.39 is 36.1 Å². The first kappa shape index (κ1) is 25.9. The van der Waals surface area contributed by atoms with Crippen LogP contribution in [0.1, 0.15) is 71.8 Å². The Bertz CT molecular complexity index is 905. The summed E-state index contributed by atoms with van der Waals surface area (Å²) in [4.78, 5) is 0.190. The minimum Gasteiger partial charge on any atom is -0.416 e. The van der Waals surface area contributed by atoms with Crippen molar-refractivity contribution in [2.75, 3.05) is 6.61 Å². The van der Waals surface area contributed by atoms with Crippen LogP contribution in [-0.4, -0.2) is 40.7 Å². The van der Waals surface area contributed by atoms with E-state index in [2.05, 4.69) is 40.8 Å². The van der Waals surface area contributed by atoms with Crippen molar-refractivity contribution in [3.63, 3.8) is 0 Å². The molecular formula is C25H42O5SSi. The molecule has 0 spiro atoms. The molecular weight excluding hydrogens is 440 g/mol. The second-order valence-electron chi connectivity index (χ2n) is 11.9. The van der Waals surface area contributed by atoms with Gasteiger partial charge in [-0.15, -0.1) is 0 Å². The van der Waals surface area contributed by atoms with E-state index in [9.17, 15) is 13.5 Å². The number of rotatable bonds is 6. The fourth-order valence-electron chi connectivity index (χ4n) is 5.23. The molecule has 1 aromatic rings. The molecule has 0 radical (unpaired) electrons. The number of aliphatic hydroxyl groups is 1. The van der Waals surface area contributed by atoms with Gasteiger partial charge >= 0.3 is 0 Å². The zero-order valence-electron chi connectivity index (χ0n) is 20.9. The standard InChI is InChI=1S/C25H42O5SSi/c1-19-10-12-21(13-11-19)31(27,28)30-20-14-16-25(18-29-32(6,7)23(2,3)4)15-8-9-22(26)24(25,5)17-20/h10-13,20,22,26H,8-9,14-18H2,1-7H3/t20-,22?,24-,25-/m1/s1. The first-order chi connectivity index (χ1) is 14.6. The molecule has 4 atom stereocenters. The summed E-state index contributed by atoms with van der Waals surface area (Å²) in [6.45, 7) is 15.9. The van der Waals surface area contributed by atoms with Gasteiger partial charge in [0.2, 0.25) is 0 Å². The van der Waals surface area contributed by atoms with Crippen molar-refractivity contribution in [2.45, 2.75) is 108 Å². The summed E-state index contributed by atoms with van der Waals surface area (Å²) in [7, 11) is -5.78. The van der Waals surface area contributed by atoms with Gasteiger partial charge in [0.25, 0.3) is 10.1 Å². The molecule has 2 aliphatic rings.